The van der Waals surface area contributed by atoms with Gasteiger partial charge in [0.25, 0.3) is 0 Å². The third kappa shape index (κ3) is 39.6. The number of methoxy groups -OCH3 is 2. The average Bonchev–Trinajstić information content (AvgIpc) is 3.72. The van der Waals surface area contributed by atoms with E-state index in [4.69, 9.17) is 14.2 Å². The van der Waals surface area contributed by atoms with Gasteiger partial charge < -0.3 is 24.6 Å². The summed E-state index contributed by atoms with van der Waals surface area (Å²) in [5.74, 6) is 0.414. The van der Waals surface area contributed by atoms with Gasteiger partial charge in [-0.3, -0.25) is 19.0 Å². The van der Waals surface area contributed by atoms with Gasteiger partial charge in [0, 0.05) is 75.3 Å². The molecule has 0 fully saturated rings. The van der Waals surface area contributed by atoms with Crippen LogP contribution in [-0.2, 0) is 63.7 Å². The molecule has 15 nitrogen and oxygen atoms in total. The molecule has 0 heterocycles. The number of Topliss-reactive ketones (excluding diaryl/α,β-unsaturated/α-hetero) is 1. The summed E-state index contributed by atoms with van der Waals surface area (Å²) in [7, 11) is -6.66. The van der Waals surface area contributed by atoms with Crippen LogP contribution in [-0.4, -0.2) is 94.0 Å². The molecule has 0 aromatic heterocycles. The third-order valence-corrected chi connectivity index (χ3v) is 18.1. The Morgan fingerprint density at radius 1 is 0.443 bits per heavy atom. The van der Waals surface area contributed by atoms with Gasteiger partial charge in [0.05, 0.1) is 30.0 Å². The second-order valence-electron chi connectivity index (χ2n) is 22.2. The SMILES string of the molecule is CCCC(=O)c1cccc(NS(=O)(=O)CCCCCOC)c1.CCCC(O)c1cccc(NS(=O)(=O)CCCCCOC)c1.CCCCCCS(=O)(=O)Nc1cccc(CCCC)c1.CCCCc1cccc(NCCCCCOCc2ccccc2)c1. The van der Waals surface area contributed by atoms with Crippen LogP contribution in [0.3, 0.4) is 0 Å². The molecule has 0 aliphatic rings. The molecule has 88 heavy (non-hydrogen) atoms. The molecule has 0 aliphatic heterocycles. The fourth-order valence-electron chi connectivity index (χ4n) is 9.11. The summed E-state index contributed by atoms with van der Waals surface area (Å²) >= 11 is 0. The summed E-state index contributed by atoms with van der Waals surface area (Å²) in [6, 6.07) is 40.6. The van der Waals surface area contributed by atoms with Crippen molar-refractivity contribution in [3.63, 3.8) is 0 Å². The molecular weight excluding hydrogens is 1170 g/mol. The molecule has 1 unspecified atom stereocenters. The average molecular weight is 1280 g/mol. The number of carbonyl (C=O) groups is 1. The Balaban J connectivity index is 0.000000401. The first-order chi connectivity index (χ1) is 42.4. The lowest BCUT2D eigenvalue weighted by atomic mass is 10.1. The lowest BCUT2D eigenvalue weighted by molar-refractivity contribution is 0.0981. The van der Waals surface area contributed by atoms with Gasteiger partial charge in [0.15, 0.2) is 5.78 Å². The number of ketones is 1. The van der Waals surface area contributed by atoms with E-state index in [0.29, 0.717) is 61.5 Å². The zero-order chi connectivity index (χ0) is 64.6. The Morgan fingerprint density at radius 2 is 0.898 bits per heavy atom. The summed E-state index contributed by atoms with van der Waals surface area (Å²) in [6.45, 7) is 14.4. The minimum absolute atomic E-state index is 0.0307. The zero-order valence-corrected chi connectivity index (χ0v) is 56.8. The smallest absolute Gasteiger partial charge is 0.232 e. The maximum atomic E-state index is 12.0. The number of aliphatic hydroxyl groups excluding tert-OH is 1. The van der Waals surface area contributed by atoms with Gasteiger partial charge in [-0.15, -0.1) is 0 Å². The van der Waals surface area contributed by atoms with E-state index in [0.717, 1.165) is 115 Å². The molecule has 5 aromatic rings. The number of unbranched alkanes of at least 4 members (excludes halogenated alkanes) is 11. The highest BCUT2D eigenvalue weighted by Crippen LogP contribution is 2.23. The number of aryl methyl sites for hydroxylation is 2. The van der Waals surface area contributed by atoms with Gasteiger partial charge in [0.1, 0.15) is 0 Å². The third-order valence-electron chi connectivity index (χ3n) is 14.0. The van der Waals surface area contributed by atoms with E-state index >= 15 is 0 Å². The number of anilines is 4. The van der Waals surface area contributed by atoms with Gasteiger partial charge in [-0.25, -0.2) is 25.3 Å². The van der Waals surface area contributed by atoms with Crippen LogP contribution in [0.5, 0.6) is 0 Å². The summed E-state index contributed by atoms with van der Waals surface area (Å²) in [5.41, 5.74) is 8.06. The predicted molar refractivity (Wildman–Crippen MR) is 368 cm³/mol. The normalized spacial score (nSPS) is 11.6. The molecule has 18 heteroatoms. The molecule has 1 atom stereocenters. The highest BCUT2D eigenvalue weighted by molar-refractivity contribution is 7.93. The zero-order valence-electron chi connectivity index (χ0n) is 54.4. The van der Waals surface area contributed by atoms with Crippen molar-refractivity contribution < 1.29 is 49.4 Å². The van der Waals surface area contributed by atoms with Crippen molar-refractivity contribution in [3.05, 3.63) is 155 Å². The van der Waals surface area contributed by atoms with Crippen LogP contribution in [0.25, 0.3) is 0 Å². The van der Waals surface area contributed by atoms with Gasteiger partial charge in [-0.2, -0.15) is 0 Å². The van der Waals surface area contributed by atoms with Crippen molar-refractivity contribution in [1.29, 1.82) is 0 Å². The molecule has 5 N–H and O–H groups in total. The number of rotatable bonds is 44. The molecule has 5 aromatic carbocycles. The van der Waals surface area contributed by atoms with Crippen LogP contribution in [0, 0.1) is 0 Å². The molecule has 5 rings (SSSR count). The van der Waals surface area contributed by atoms with Gasteiger partial charge in [0.2, 0.25) is 30.1 Å². The van der Waals surface area contributed by atoms with Gasteiger partial charge >= 0.3 is 0 Å². The molecule has 0 spiro atoms. The number of aliphatic hydroxyl groups is 1. The molecule has 0 amide bonds. The van der Waals surface area contributed by atoms with E-state index in [1.54, 1.807) is 56.7 Å². The minimum Gasteiger partial charge on any atom is -0.388 e. The quantitative estimate of drug-likeness (QED) is 0.0182. The van der Waals surface area contributed by atoms with E-state index in [-0.39, 0.29) is 23.0 Å². The van der Waals surface area contributed by atoms with Crippen LogP contribution in [0.15, 0.2) is 127 Å². The first kappa shape index (κ1) is 78.8. The summed E-state index contributed by atoms with van der Waals surface area (Å²) in [4.78, 5) is 11.8. The number of hydrogen-bond acceptors (Lipinski definition) is 12. The maximum Gasteiger partial charge on any atom is 0.232 e. The number of ether oxygens (including phenoxy) is 3. The van der Waals surface area contributed by atoms with E-state index in [9.17, 15) is 35.2 Å². The summed E-state index contributed by atoms with van der Waals surface area (Å²) in [6.07, 6.45) is 21.2. The molecule has 0 saturated carbocycles. The summed E-state index contributed by atoms with van der Waals surface area (Å²) < 4.78 is 95.4. The van der Waals surface area contributed by atoms with Crippen molar-refractivity contribution in [3.8, 4) is 0 Å². The van der Waals surface area contributed by atoms with Crippen molar-refractivity contribution in [2.75, 3.05) is 77.3 Å². The lowest BCUT2D eigenvalue weighted by Gasteiger charge is -2.13. The molecule has 0 aliphatic carbocycles. The second-order valence-corrected chi connectivity index (χ2v) is 27.8. The number of carbonyl (C=O) groups excluding carboxylic acids is 1. The number of nitrogens with one attached hydrogen (secondary N) is 4. The second kappa shape index (κ2) is 48.5. The number of sulfonamides is 3. The molecule has 0 saturated heterocycles. The van der Waals surface area contributed by atoms with E-state index < -0.39 is 36.2 Å². The van der Waals surface area contributed by atoms with Crippen molar-refractivity contribution >= 4 is 58.6 Å². The fourth-order valence-corrected chi connectivity index (χ4v) is 12.6. The van der Waals surface area contributed by atoms with E-state index in [2.05, 4.69) is 94.9 Å². The maximum absolute atomic E-state index is 12.0. The molecular formula is C70H110N4O11S3. The monoisotopic (exact) mass is 1280 g/mol. The lowest BCUT2D eigenvalue weighted by Crippen LogP contribution is -2.17. The van der Waals surface area contributed by atoms with Gasteiger partial charge in [-0.1, -0.05) is 165 Å². The van der Waals surface area contributed by atoms with Crippen LogP contribution in [0.2, 0.25) is 0 Å². The summed E-state index contributed by atoms with van der Waals surface area (Å²) in [5, 5.41) is 13.5. The molecule has 494 valence electrons. The Kier molecular flexibility index (Phi) is 43.4. The van der Waals surface area contributed by atoms with E-state index in [1.165, 1.54) is 54.5 Å². The Hall–Kier alpha value is -5.34. The predicted octanol–water partition coefficient (Wildman–Crippen LogP) is 16.5. The van der Waals surface area contributed by atoms with Crippen molar-refractivity contribution in [2.45, 2.75) is 195 Å². The van der Waals surface area contributed by atoms with Crippen LogP contribution >= 0.6 is 0 Å². The van der Waals surface area contributed by atoms with Gasteiger partial charge in [-0.05, 0) is 161 Å². The standard InChI is InChI=1S/C22H31NO.C16H27NO4S.C16H25NO4S.C16H27NO2S/c1-2-3-11-20-14-10-15-22(18-20)23-16-8-5-9-17-24-19-21-12-6-4-7-13-21;2*1-3-8-16(18)14-9-7-10-15(13-14)17-22(19,20)12-6-4-5-11-21-2;1-3-5-7-8-13-20(18,19)17-16-12-9-11-15(14-16)10-6-4-2/h4,6-7,10,12-15,18,23H,2-3,5,8-9,11,16-17,19H2,1H3;7,9-10,13,16-18H,3-6,8,11-12H2,1-2H3;7,9-10,13,17H,3-6,8,11-12H2,1-2H3;9,11-12,14,17H,3-8,10,13H2,1-2H3. The Bertz CT molecular complexity index is 2930. The fraction of sp³-hybridized carbons (Fsp3) is 0.557. The van der Waals surface area contributed by atoms with Crippen molar-refractivity contribution in [1.82, 2.24) is 0 Å². The van der Waals surface area contributed by atoms with Crippen LogP contribution < -0.4 is 19.5 Å². The number of hydrogen-bond donors (Lipinski definition) is 5. The minimum atomic E-state index is -3.38. The number of benzene rings is 5. The highest BCUT2D eigenvalue weighted by Gasteiger charge is 2.15. The highest BCUT2D eigenvalue weighted by atomic mass is 32.2. The Labute approximate surface area is 532 Å². The topological polar surface area (TPSA) is 216 Å². The first-order valence-electron chi connectivity index (χ1n) is 32.4. The molecule has 0 bridgehead atoms. The molecule has 0 radical (unpaired) electrons. The van der Waals surface area contributed by atoms with Crippen LogP contribution in [0.1, 0.15) is 208 Å². The van der Waals surface area contributed by atoms with Crippen molar-refractivity contribution in [2.24, 2.45) is 0 Å². The Morgan fingerprint density at radius 3 is 1.42 bits per heavy atom. The van der Waals surface area contributed by atoms with Crippen LogP contribution in [0.4, 0.5) is 22.7 Å². The van der Waals surface area contributed by atoms with E-state index in [1.807, 2.05) is 44.2 Å². The largest absolute Gasteiger partial charge is 0.388 e. The first-order valence-corrected chi connectivity index (χ1v) is 37.3.